The maximum absolute atomic E-state index is 13.8. The number of aliphatic hydroxyl groups is 20. The highest BCUT2D eigenvalue weighted by Crippen LogP contribution is 2.41. The molecule has 117 heavy (non-hydrogen) atoms. The smallest absolute Gasteiger partial charge is 0.294 e. The lowest BCUT2D eigenvalue weighted by molar-refractivity contribution is -0.396. The predicted molar refractivity (Wildman–Crippen MR) is 377 cm³/mol. The van der Waals surface area contributed by atoms with E-state index < -0.39 is 288 Å². The number of hydrogen-bond donors (Lipinski definition) is 21. The normalized spacial score (nSPS) is 41.1. The number of rotatable bonds is 15. The van der Waals surface area contributed by atoms with Gasteiger partial charge in [0.25, 0.3) is 21.9 Å². The molecule has 642 valence electrons. The first-order valence-corrected chi connectivity index (χ1v) is 38.5. The minimum atomic E-state index is -4.70. The fourth-order valence-corrected chi connectivity index (χ4v) is 16.0. The summed E-state index contributed by atoms with van der Waals surface area (Å²) in [5.41, 5.74) is 2.90. The first-order valence-electron chi connectivity index (χ1n) is 37.1. The number of hydrogen-bond acceptors (Lipinski definition) is 41. The van der Waals surface area contributed by atoms with Crippen molar-refractivity contribution in [2.45, 2.75) is 226 Å². The van der Waals surface area contributed by atoms with Crippen molar-refractivity contribution in [2.75, 3.05) is 46.2 Å². The van der Waals surface area contributed by atoms with Gasteiger partial charge in [0.1, 0.15) is 183 Å². The van der Waals surface area contributed by atoms with Gasteiger partial charge in [0, 0.05) is 10.9 Å². The molecule has 35 atom stereocenters. The Morgan fingerprint density at radius 1 is 0.342 bits per heavy atom. The van der Waals surface area contributed by atoms with E-state index in [1.54, 1.807) is 54.6 Å². The van der Waals surface area contributed by atoms with E-state index in [2.05, 4.69) is 10.2 Å². The largest absolute Gasteiger partial charge is 0.491 e. The van der Waals surface area contributed by atoms with Crippen molar-refractivity contribution in [3.8, 4) is 16.9 Å². The van der Waals surface area contributed by atoms with Crippen molar-refractivity contribution in [1.82, 2.24) is 4.90 Å². The van der Waals surface area contributed by atoms with Gasteiger partial charge >= 0.3 is 0 Å². The second-order valence-electron chi connectivity index (χ2n) is 29.3. The number of amides is 2. The molecule has 5 aromatic rings. The van der Waals surface area contributed by atoms with Crippen LogP contribution < -0.4 is 4.74 Å². The van der Waals surface area contributed by atoms with Crippen LogP contribution in [0.3, 0.4) is 0 Å². The lowest BCUT2D eigenvalue weighted by atomic mass is 9.93. The molecule has 21 saturated heterocycles. The van der Waals surface area contributed by atoms with E-state index in [4.69, 9.17) is 71.1 Å². The van der Waals surface area contributed by atoms with Crippen LogP contribution in [0.25, 0.3) is 21.9 Å². The molecule has 0 saturated carbocycles. The van der Waals surface area contributed by atoms with Crippen molar-refractivity contribution >= 4 is 44.1 Å². The molecule has 43 nitrogen and oxygen atoms in total. The number of imide groups is 1. The van der Waals surface area contributed by atoms with E-state index in [-0.39, 0.29) is 28.8 Å². The number of benzene rings is 5. The van der Waals surface area contributed by atoms with E-state index in [1.165, 1.54) is 42.5 Å². The Morgan fingerprint density at radius 2 is 0.632 bits per heavy atom. The highest BCUT2D eigenvalue weighted by molar-refractivity contribution is 7.85. The zero-order valence-corrected chi connectivity index (χ0v) is 61.9. The zero-order chi connectivity index (χ0) is 83.5. The summed E-state index contributed by atoms with van der Waals surface area (Å²) in [5.74, 6) is -1.26. The van der Waals surface area contributed by atoms with Crippen molar-refractivity contribution in [3.05, 3.63) is 120 Å². The lowest BCUT2D eigenvalue weighted by Gasteiger charge is -2.50. The molecule has 27 rings (SSSR count). The molecule has 22 aliphatic rings. The second-order valence-corrected chi connectivity index (χ2v) is 30.7. The van der Waals surface area contributed by atoms with Crippen molar-refractivity contribution < 1.29 is 196 Å². The highest BCUT2D eigenvalue weighted by Gasteiger charge is 2.60. The average molecular weight is 1680 g/mol. The Hall–Kier alpha value is -6.55. The molecule has 21 N–H and O–H groups in total. The Kier molecular flexibility index (Phi) is 26.9. The van der Waals surface area contributed by atoms with Gasteiger partial charge in [-0.15, -0.1) is 0 Å². The first-order chi connectivity index (χ1) is 55.9. The number of carbonyl (C=O) groups excluding carboxylic acids is 2. The Balaban J connectivity index is 0.685. The molecule has 2 amide bonds. The number of carbonyl (C=O) groups is 2. The third kappa shape index (κ3) is 17.4. The molecule has 0 spiro atoms. The molecule has 0 unspecified atom stereocenters. The van der Waals surface area contributed by atoms with Gasteiger partial charge in [0.2, 0.25) is 0 Å². The summed E-state index contributed by atoms with van der Waals surface area (Å²) in [6.07, 6.45) is -72.2. The summed E-state index contributed by atoms with van der Waals surface area (Å²) < 4.78 is 122. The monoisotopic (exact) mass is 1680 g/mol. The van der Waals surface area contributed by atoms with Crippen LogP contribution in [0.15, 0.2) is 118 Å². The van der Waals surface area contributed by atoms with Gasteiger partial charge < -0.3 is 173 Å². The zero-order valence-electron chi connectivity index (χ0n) is 61.1. The van der Waals surface area contributed by atoms with E-state index in [0.717, 1.165) is 22.1 Å². The molecule has 0 aromatic heterocycles. The summed E-state index contributed by atoms with van der Waals surface area (Å²) in [5, 5.41) is 236. The quantitative estimate of drug-likeness (QED) is 0.0263. The summed E-state index contributed by atoms with van der Waals surface area (Å²) in [7, 11) is -4.70. The van der Waals surface area contributed by atoms with E-state index in [1.807, 2.05) is 0 Å². The van der Waals surface area contributed by atoms with Gasteiger partial charge in [0.05, 0.1) is 68.0 Å². The minimum Gasteiger partial charge on any atom is -0.491 e. The Labute approximate surface area is 661 Å². The number of aliphatic hydroxyl groups excluding tert-OH is 20. The third-order valence-corrected chi connectivity index (χ3v) is 22.7. The molecular formula is C73H89N3O40S. The van der Waals surface area contributed by atoms with Crippen LogP contribution in [-0.2, 0) is 83.0 Å². The van der Waals surface area contributed by atoms with Gasteiger partial charge in [-0.1, -0.05) is 48.5 Å². The molecule has 22 heterocycles. The highest BCUT2D eigenvalue weighted by atomic mass is 32.2. The van der Waals surface area contributed by atoms with Crippen LogP contribution >= 0.6 is 0 Å². The molecule has 0 aliphatic carbocycles. The number of ether oxygens (including phenoxy) is 15. The van der Waals surface area contributed by atoms with E-state index >= 15 is 0 Å². The second kappa shape index (κ2) is 36.2. The third-order valence-electron chi connectivity index (χ3n) is 21.8. The summed E-state index contributed by atoms with van der Waals surface area (Å²) in [6, 6.07) is 26.6. The minimum absolute atomic E-state index is 0.0559. The maximum Gasteiger partial charge on any atom is 0.294 e. The fraction of sp³-hybridized carbons (Fsp3) is 0.589. The van der Waals surface area contributed by atoms with Crippen LogP contribution in [0.1, 0.15) is 26.3 Å². The summed E-state index contributed by atoms with van der Waals surface area (Å²) >= 11 is 0. The molecule has 14 bridgehead atoms. The van der Waals surface area contributed by atoms with Gasteiger partial charge in [-0.2, -0.15) is 18.6 Å². The lowest BCUT2D eigenvalue weighted by Crippen LogP contribution is -2.68. The van der Waals surface area contributed by atoms with Crippen LogP contribution in [-0.4, -0.2) is 393 Å². The fourth-order valence-electron chi connectivity index (χ4n) is 15.4. The molecule has 0 radical (unpaired) electrons. The Morgan fingerprint density at radius 3 is 0.949 bits per heavy atom. The standard InChI is InChI=1S/C73H89N3O40S/c77-19-36-58-45(84)52(91)68(104-36)112-60-38(21-79)106-70(54(93)47(60)86)114-62-40(23-81)108-72(56(95)49(62)88)116-64-42(109-73(57(96)50(64)89)115-63-41(24-82)107-71(55(94)48(63)87)113-61-39(22-80)105-69(53(92)46(61)85)111-59-37(20-78)103-67(110-58)51(90)44(59)83)25-102-32-14-12-31(13-15-32)75-74-30-10-8-28(9-11-30)27-6-4-26(5-7-27)18-76-65(97)34-3-1-2-29-16-33(117(99,100)101)17-35(43(29)34)66(76)98/h1-17,36-42,44-64,67-73,77-96H,18-25H2,(H,99,100,101)/t36-,37-,38-,39-,40-,41-,42-,44-,45-,46-,47-,48-,49-,50-,51-,52-,53-,54-,55-,56-,57-,58-,59-,60-,61-,62-,63-,64-,67-,68-,69-,70-,71-,72-,73-/m1/s1. The van der Waals surface area contributed by atoms with Crippen LogP contribution in [0, 0.1) is 0 Å². The van der Waals surface area contributed by atoms with Crippen LogP contribution in [0.5, 0.6) is 5.75 Å². The maximum atomic E-state index is 13.8. The molecule has 44 heteroatoms. The predicted octanol–water partition coefficient (Wildman–Crippen LogP) is -7.87. The molecule has 21 fully saturated rings. The first kappa shape index (κ1) is 86.8. The number of azo groups is 1. The van der Waals surface area contributed by atoms with E-state index in [0.29, 0.717) is 22.3 Å². The molecule has 22 aliphatic heterocycles. The van der Waals surface area contributed by atoms with E-state index in [9.17, 15) is 125 Å². The molecule has 5 aromatic carbocycles. The summed E-state index contributed by atoms with van der Waals surface area (Å²) in [6.45, 7) is -7.37. The Bertz CT molecular complexity index is 4360. The van der Waals surface area contributed by atoms with Crippen LogP contribution in [0.2, 0.25) is 0 Å². The van der Waals surface area contributed by atoms with Gasteiger partial charge in [-0.25, -0.2) is 0 Å². The van der Waals surface area contributed by atoms with Crippen molar-refractivity contribution in [1.29, 1.82) is 0 Å². The van der Waals surface area contributed by atoms with Crippen LogP contribution in [0.4, 0.5) is 11.4 Å². The molecular weight excluding hydrogens is 1590 g/mol. The SMILES string of the molecule is O=C1c2cccc3cc(S(=O)(=O)O)cc(c23)C(=O)N1Cc1ccc(-c2ccc(N=Nc3ccc(OC[C@H]4O[C@@H]5O[C@H]6[C@H](O)[C@@H](O)[C@@H](O[C@H]7[C@H](O)[C@@H](O)[C@@H](O[C@H]8[C@H](O)[C@@H](O)[C@@H](O[C@H]9[C@H](O)[C@@H](O)[C@@H](O[C@H]%10[C@H](O)[C@@H](O)[C@@H](O[C@H]%11[C@H](O)[C@@H](O)[C@@H](O[C@H]4[C@H](O)[C@H]5O)O[C@@H]%11CO)O[C@@H]%10CO)O[C@@H]9CO)O[C@@H]8CO)O[C@@H]7CO)O[C@@H]6CO)cc3)cc2)cc1. The van der Waals surface area contributed by atoms with Crippen molar-refractivity contribution in [2.24, 2.45) is 10.2 Å². The van der Waals surface area contributed by atoms with Gasteiger partial charge in [0.15, 0.2) is 44.0 Å². The van der Waals surface area contributed by atoms with Gasteiger partial charge in [-0.05, 0) is 76.7 Å². The van der Waals surface area contributed by atoms with Gasteiger partial charge in [-0.3, -0.25) is 19.0 Å². The topological polar surface area (TPSA) is 660 Å². The van der Waals surface area contributed by atoms with Crippen molar-refractivity contribution in [3.63, 3.8) is 0 Å². The number of nitrogens with zero attached hydrogens (tertiary/aromatic N) is 3. The average Bonchev–Trinajstić information content (AvgIpc) is 0.743. The summed E-state index contributed by atoms with van der Waals surface area (Å²) in [4.78, 5) is 27.9.